The second-order valence-electron chi connectivity index (χ2n) is 5.61. The minimum atomic E-state index is -0.273. The largest absolute Gasteiger partial charge is 0.362 e. The number of nitrogens with zero attached hydrogens (tertiary/aromatic N) is 4. The highest BCUT2D eigenvalue weighted by Crippen LogP contribution is 2.25. The molecule has 0 saturated carbocycles. The predicted molar refractivity (Wildman–Crippen MR) is 91.3 cm³/mol. The molecule has 0 aliphatic heterocycles. The van der Waals surface area contributed by atoms with Crippen LogP contribution >= 0.6 is 0 Å². The van der Waals surface area contributed by atoms with E-state index in [4.69, 9.17) is 4.52 Å². The molecule has 124 valence electrons. The second kappa shape index (κ2) is 6.27. The van der Waals surface area contributed by atoms with E-state index in [9.17, 15) is 4.39 Å². The zero-order valence-electron chi connectivity index (χ0n) is 13.4. The van der Waals surface area contributed by atoms with Gasteiger partial charge in [0.25, 0.3) is 0 Å². The van der Waals surface area contributed by atoms with Gasteiger partial charge in [-0.15, -0.1) is 0 Å². The Labute approximate surface area is 142 Å². The lowest BCUT2D eigenvalue weighted by Gasteiger charge is -2.08. The molecule has 0 spiro atoms. The zero-order valence-corrected chi connectivity index (χ0v) is 13.4. The quantitative estimate of drug-likeness (QED) is 0.612. The smallest absolute Gasteiger partial charge is 0.164 e. The molecular formula is C18H14FN5O. The molecule has 0 unspecified atom stereocenters. The molecule has 7 heteroatoms. The van der Waals surface area contributed by atoms with E-state index in [0.29, 0.717) is 23.8 Å². The summed E-state index contributed by atoms with van der Waals surface area (Å²) in [6.07, 6.45) is 3.17. The number of rotatable bonds is 4. The van der Waals surface area contributed by atoms with Crippen LogP contribution in [0.25, 0.3) is 22.2 Å². The molecule has 0 saturated heterocycles. The standard InChI is InChI=1S/C18H14FN5O/c1-11-6-15(25-24-11)9-21-18-16-7-13(8-20-17(16)22-10-23-18)12-2-4-14(19)5-3-12/h2-8,10H,9H2,1H3,(H,20,21,22,23). The first-order valence-electron chi connectivity index (χ1n) is 7.72. The molecule has 1 aromatic carbocycles. The first-order valence-corrected chi connectivity index (χ1v) is 7.72. The van der Waals surface area contributed by atoms with Gasteiger partial charge in [0.05, 0.1) is 17.6 Å². The van der Waals surface area contributed by atoms with Crippen molar-refractivity contribution < 1.29 is 8.91 Å². The summed E-state index contributed by atoms with van der Waals surface area (Å²) < 4.78 is 18.3. The molecule has 3 heterocycles. The van der Waals surface area contributed by atoms with Gasteiger partial charge in [0.2, 0.25) is 0 Å². The monoisotopic (exact) mass is 335 g/mol. The van der Waals surface area contributed by atoms with Crippen molar-refractivity contribution in [3.05, 3.63) is 66.2 Å². The van der Waals surface area contributed by atoms with Crippen LogP contribution in [0.1, 0.15) is 11.5 Å². The van der Waals surface area contributed by atoms with Gasteiger partial charge in [-0.1, -0.05) is 17.3 Å². The molecule has 4 aromatic rings. The number of pyridine rings is 1. The van der Waals surface area contributed by atoms with Crippen LogP contribution in [-0.4, -0.2) is 20.1 Å². The van der Waals surface area contributed by atoms with Crippen LogP contribution < -0.4 is 5.32 Å². The van der Waals surface area contributed by atoms with Crippen molar-refractivity contribution in [2.75, 3.05) is 5.32 Å². The molecule has 0 aliphatic carbocycles. The topological polar surface area (TPSA) is 76.7 Å². The van der Waals surface area contributed by atoms with Crippen molar-refractivity contribution in [3.8, 4) is 11.1 Å². The van der Waals surface area contributed by atoms with Crippen molar-refractivity contribution in [3.63, 3.8) is 0 Å². The Balaban J connectivity index is 1.69. The number of nitrogens with one attached hydrogen (secondary N) is 1. The summed E-state index contributed by atoms with van der Waals surface area (Å²) in [5.41, 5.74) is 3.14. The van der Waals surface area contributed by atoms with E-state index in [1.165, 1.54) is 18.5 Å². The number of hydrogen-bond donors (Lipinski definition) is 1. The summed E-state index contributed by atoms with van der Waals surface area (Å²) in [5, 5.41) is 7.86. The SMILES string of the molecule is Cc1cc(CNc2ncnc3ncc(-c4ccc(F)cc4)cc23)on1. The molecule has 4 rings (SSSR count). The summed E-state index contributed by atoms with van der Waals surface area (Å²) in [7, 11) is 0. The number of hydrogen-bond acceptors (Lipinski definition) is 6. The number of halogens is 1. The molecule has 0 bridgehead atoms. The lowest BCUT2D eigenvalue weighted by molar-refractivity contribution is 0.384. The summed E-state index contributed by atoms with van der Waals surface area (Å²) >= 11 is 0. The lowest BCUT2D eigenvalue weighted by atomic mass is 10.1. The van der Waals surface area contributed by atoms with Crippen LogP contribution in [0.5, 0.6) is 0 Å². The van der Waals surface area contributed by atoms with Gasteiger partial charge in [-0.25, -0.2) is 19.3 Å². The van der Waals surface area contributed by atoms with Crippen LogP contribution in [-0.2, 0) is 6.54 Å². The summed E-state index contributed by atoms with van der Waals surface area (Å²) in [5.74, 6) is 1.09. The van der Waals surface area contributed by atoms with Crippen LogP contribution in [0.4, 0.5) is 10.2 Å². The van der Waals surface area contributed by atoms with E-state index in [1.54, 1.807) is 18.3 Å². The summed E-state index contributed by atoms with van der Waals surface area (Å²) in [6, 6.07) is 10.1. The number of aromatic nitrogens is 4. The first kappa shape index (κ1) is 15.2. The van der Waals surface area contributed by atoms with Gasteiger partial charge in [0, 0.05) is 17.8 Å². The van der Waals surface area contributed by atoms with Crippen LogP contribution in [0.2, 0.25) is 0 Å². The van der Waals surface area contributed by atoms with Crippen molar-refractivity contribution in [1.29, 1.82) is 0 Å². The molecule has 25 heavy (non-hydrogen) atoms. The van der Waals surface area contributed by atoms with Gasteiger partial charge in [0.15, 0.2) is 11.4 Å². The Bertz CT molecular complexity index is 1030. The number of fused-ring (bicyclic) bond motifs is 1. The Hall–Kier alpha value is -3.35. The van der Waals surface area contributed by atoms with Crippen molar-refractivity contribution in [1.82, 2.24) is 20.1 Å². The Morgan fingerprint density at radius 1 is 1.04 bits per heavy atom. The minimum Gasteiger partial charge on any atom is -0.362 e. The van der Waals surface area contributed by atoms with Gasteiger partial charge < -0.3 is 9.84 Å². The third kappa shape index (κ3) is 3.16. The molecule has 6 nitrogen and oxygen atoms in total. The van der Waals surface area contributed by atoms with Crippen molar-refractivity contribution >= 4 is 16.9 Å². The normalized spacial score (nSPS) is 11.0. The van der Waals surface area contributed by atoms with E-state index in [-0.39, 0.29) is 5.82 Å². The van der Waals surface area contributed by atoms with Crippen LogP contribution in [0, 0.1) is 12.7 Å². The van der Waals surface area contributed by atoms with E-state index in [2.05, 4.69) is 25.4 Å². The van der Waals surface area contributed by atoms with Crippen molar-refractivity contribution in [2.24, 2.45) is 0 Å². The fourth-order valence-corrected chi connectivity index (χ4v) is 2.56. The number of anilines is 1. The first-order chi connectivity index (χ1) is 12.2. The highest BCUT2D eigenvalue weighted by molar-refractivity contribution is 5.89. The zero-order chi connectivity index (χ0) is 17.2. The van der Waals surface area contributed by atoms with E-state index in [1.807, 2.05) is 19.1 Å². The third-order valence-electron chi connectivity index (χ3n) is 3.77. The van der Waals surface area contributed by atoms with E-state index in [0.717, 1.165) is 22.2 Å². The molecule has 0 radical (unpaired) electrons. The molecule has 0 atom stereocenters. The van der Waals surface area contributed by atoms with Crippen LogP contribution in [0.15, 0.2) is 53.4 Å². The maximum absolute atomic E-state index is 13.1. The summed E-state index contributed by atoms with van der Waals surface area (Å²) in [6.45, 7) is 2.32. The molecule has 1 N–H and O–H groups in total. The molecule has 0 aliphatic rings. The average molecular weight is 335 g/mol. The van der Waals surface area contributed by atoms with Crippen molar-refractivity contribution in [2.45, 2.75) is 13.5 Å². The maximum Gasteiger partial charge on any atom is 0.164 e. The van der Waals surface area contributed by atoms with Gasteiger partial charge >= 0.3 is 0 Å². The van der Waals surface area contributed by atoms with Gasteiger partial charge in [-0.3, -0.25) is 0 Å². The fourth-order valence-electron chi connectivity index (χ4n) is 2.56. The Kier molecular flexibility index (Phi) is 3.81. The minimum absolute atomic E-state index is 0.273. The predicted octanol–water partition coefficient (Wildman–Crippen LogP) is 3.74. The molecule has 0 fully saturated rings. The Morgan fingerprint density at radius 3 is 2.64 bits per heavy atom. The molecule has 3 aromatic heterocycles. The van der Waals surface area contributed by atoms with E-state index < -0.39 is 0 Å². The maximum atomic E-state index is 13.1. The highest BCUT2D eigenvalue weighted by atomic mass is 19.1. The Morgan fingerprint density at radius 2 is 1.88 bits per heavy atom. The highest BCUT2D eigenvalue weighted by Gasteiger charge is 2.09. The lowest BCUT2D eigenvalue weighted by Crippen LogP contribution is -2.02. The number of benzene rings is 1. The molecular weight excluding hydrogens is 321 g/mol. The second-order valence-corrected chi connectivity index (χ2v) is 5.61. The number of aryl methyl sites for hydroxylation is 1. The van der Waals surface area contributed by atoms with Gasteiger partial charge in [-0.2, -0.15) is 0 Å². The van der Waals surface area contributed by atoms with Crippen LogP contribution in [0.3, 0.4) is 0 Å². The summed E-state index contributed by atoms with van der Waals surface area (Å²) in [4.78, 5) is 12.9. The third-order valence-corrected chi connectivity index (χ3v) is 3.77. The van der Waals surface area contributed by atoms with Gasteiger partial charge in [0.1, 0.15) is 18.0 Å². The average Bonchev–Trinajstić information content (AvgIpc) is 3.05. The van der Waals surface area contributed by atoms with Gasteiger partial charge in [-0.05, 0) is 30.7 Å². The van der Waals surface area contributed by atoms with E-state index >= 15 is 0 Å². The fraction of sp³-hybridized carbons (Fsp3) is 0.111. The molecule has 0 amide bonds.